The van der Waals surface area contributed by atoms with E-state index in [2.05, 4.69) is 53.8 Å². The van der Waals surface area contributed by atoms with Gasteiger partial charge >= 0.3 is 0 Å². The van der Waals surface area contributed by atoms with Crippen LogP contribution in [-0.2, 0) is 19.6 Å². The van der Waals surface area contributed by atoms with Crippen molar-refractivity contribution in [1.29, 1.82) is 0 Å². The van der Waals surface area contributed by atoms with Crippen LogP contribution >= 0.6 is 0 Å². The zero-order valence-corrected chi connectivity index (χ0v) is 22.9. The van der Waals surface area contributed by atoms with Crippen LogP contribution in [0.5, 0.6) is 11.5 Å². The maximum atomic E-state index is 13.3. The monoisotopic (exact) mass is 522 g/mol. The molecule has 1 amide bonds. The Morgan fingerprint density at radius 1 is 0.769 bits per heavy atom. The maximum absolute atomic E-state index is 13.3. The third-order valence-electron chi connectivity index (χ3n) is 6.84. The van der Waals surface area contributed by atoms with E-state index in [1.807, 2.05) is 72.5 Å². The van der Waals surface area contributed by atoms with Crippen molar-refractivity contribution in [3.05, 3.63) is 131 Å². The second-order valence-electron chi connectivity index (χ2n) is 9.59. The van der Waals surface area contributed by atoms with Gasteiger partial charge in [0.2, 0.25) is 0 Å². The normalized spacial score (nSPS) is 11.5. The van der Waals surface area contributed by atoms with E-state index in [1.54, 1.807) is 7.11 Å². The Bertz CT molecular complexity index is 1260. The average Bonchev–Trinajstić information content (AvgIpc) is 3.01. The van der Waals surface area contributed by atoms with Gasteiger partial charge < -0.3 is 19.7 Å². The summed E-state index contributed by atoms with van der Waals surface area (Å²) in [5, 5.41) is 3.72. The molecule has 39 heavy (non-hydrogen) atoms. The zero-order valence-electron chi connectivity index (χ0n) is 22.9. The largest absolute Gasteiger partial charge is 0.497 e. The molecule has 0 spiro atoms. The molecule has 202 valence electrons. The van der Waals surface area contributed by atoms with Crippen LogP contribution < -0.4 is 14.8 Å². The van der Waals surface area contributed by atoms with Gasteiger partial charge in [0.05, 0.1) is 7.11 Å². The molecular formula is C34H38N2O3. The predicted molar refractivity (Wildman–Crippen MR) is 157 cm³/mol. The molecule has 5 heteroatoms. The molecule has 4 aromatic carbocycles. The van der Waals surface area contributed by atoms with Gasteiger partial charge in [0, 0.05) is 31.2 Å². The summed E-state index contributed by atoms with van der Waals surface area (Å²) < 4.78 is 11.2. The average molecular weight is 523 g/mol. The summed E-state index contributed by atoms with van der Waals surface area (Å²) in [6.07, 6.45) is 1.87. The summed E-state index contributed by atoms with van der Waals surface area (Å²) in [7, 11) is 1.63. The van der Waals surface area contributed by atoms with Crippen molar-refractivity contribution in [2.45, 2.75) is 39.0 Å². The van der Waals surface area contributed by atoms with Gasteiger partial charge in [-0.3, -0.25) is 4.79 Å². The maximum Gasteiger partial charge on any atom is 0.253 e. The van der Waals surface area contributed by atoms with E-state index in [-0.39, 0.29) is 11.9 Å². The second-order valence-corrected chi connectivity index (χ2v) is 9.59. The number of benzene rings is 4. The van der Waals surface area contributed by atoms with Gasteiger partial charge in [-0.05, 0) is 72.9 Å². The molecular weight excluding hydrogens is 484 g/mol. The standard InChI is InChI=1S/C34H38N2O3/c1-3-36(34(37)30-17-22-32(38-2)23-18-30)25-31(19-14-27-10-6-4-7-11-27)35-24-28-15-20-33(21-16-28)39-26-29-12-8-5-9-13-29/h4-13,15-18,20-23,31,35H,3,14,19,24-26H2,1-2H3/t31-/m0/s1. The minimum atomic E-state index is 0.0339. The summed E-state index contributed by atoms with van der Waals surface area (Å²) >= 11 is 0. The van der Waals surface area contributed by atoms with Crippen LogP contribution in [0, 0.1) is 0 Å². The second kappa shape index (κ2) is 14.7. The van der Waals surface area contributed by atoms with Gasteiger partial charge in [-0.1, -0.05) is 72.8 Å². The first-order valence-electron chi connectivity index (χ1n) is 13.6. The van der Waals surface area contributed by atoms with E-state index in [1.165, 1.54) is 11.1 Å². The van der Waals surface area contributed by atoms with Crippen molar-refractivity contribution in [3.63, 3.8) is 0 Å². The van der Waals surface area contributed by atoms with E-state index in [0.29, 0.717) is 31.8 Å². The number of methoxy groups -OCH3 is 1. The predicted octanol–water partition coefficient (Wildman–Crippen LogP) is 6.53. The third kappa shape index (κ3) is 8.72. The van der Waals surface area contributed by atoms with E-state index < -0.39 is 0 Å². The number of likely N-dealkylation sites (N-methyl/N-ethyl adjacent to an activating group) is 1. The van der Waals surface area contributed by atoms with Crippen LogP contribution in [-0.4, -0.2) is 37.0 Å². The zero-order chi connectivity index (χ0) is 27.3. The van der Waals surface area contributed by atoms with Crippen molar-refractivity contribution in [2.75, 3.05) is 20.2 Å². The first-order valence-corrected chi connectivity index (χ1v) is 13.6. The lowest BCUT2D eigenvalue weighted by Crippen LogP contribution is -2.43. The Kier molecular flexibility index (Phi) is 10.6. The van der Waals surface area contributed by atoms with E-state index >= 15 is 0 Å². The van der Waals surface area contributed by atoms with Crippen LogP contribution in [0.4, 0.5) is 0 Å². The van der Waals surface area contributed by atoms with Gasteiger partial charge in [-0.2, -0.15) is 0 Å². The number of amides is 1. The molecule has 0 unspecified atom stereocenters. The number of hydrogen-bond donors (Lipinski definition) is 1. The van der Waals surface area contributed by atoms with E-state index in [4.69, 9.17) is 9.47 Å². The van der Waals surface area contributed by atoms with Crippen molar-refractivity contribution < 1.29 is 14.3 Å². The molecule has 0 fully saturated rings. The summed E-state index contributed by atoms with van der Waals surface area (Å²) in [5.41, 5.74) is 4.30. The molecule has 0 heterocycles. The molecule has 0 aliphatic rings. The Hall–Kier alpha value is -4.09. The molecule has 0 saturated carbocycles. The highest BCUT2D eigenvalue weighted by Crippen LogP contribution is 2.17. The Balaban J connectivity index is 1.38. The van der Waals surface area contributed by atoms with Crippen LogP contribution in [0.25, 0.3) is 0 Å². The van der Waals surface area contributed by atoms with Gasteiger partial charge in [0.25, 0.3) is 5.91 Å². The Labute approximate surface area is 232 Å². The fourth-order valence-electron chi connectivity index (χ4n) is 4.49. The molecule has 4 rings (SSSR count). The number of carbonyl (C=O) groups is 1. The number of aryl methyl sites for hydroxylation is 1. The highest BCUT2D eigenvalue weighted by atomic mass is 16.5. The van der Waals surface area contributed by atoms with Crippen LogP contribution in [0.3, 0.4) is 0 Å². The summed E-state index contributed by atoms with van der Waals surface area (Å²) in [5.74, 6) is 1.63. The van der Waals surface area contributed by atoms with Crippen molar-refractivity contribution in [2.24, 2.45) is 0 Å². The van der Waals surface area contributed by atoms with E-state index in [0.717, 1.165) is 29.9 Å². The van der Waals surface area contributed by atoms with Gasteiger partial charge in [-0.15, -0.1) is 0 Å². The van der Waals surface area contributed by atoms with E-state index in [9.17, 15) is 4.79 Å². The molecule has 0 aromatic heterocycles. The van der Waals surface area contributed by atoms with Gasteiger partial charge in [0.1, 0.15) is 18.1 Å². The number of ether oxygens (including phenoxy) is 2. The lowest BCUT2D eigenvalue weighted by atomic mass is 10.0. The fraction of sp³-hybridized carbons (Fsp3) is 0.265. The number of nitrogens with zero attached hydrogens (tertiary/aromatic N) is 1. The number of nitrogens with one attached hydrogen (secondary N) is 1. The smallest absolute Gasteiger partial charge is 0.253 e. The van der Waals surface area contributed by atoms with Crippen LogP contribution in [0.1, 0.15) is 40.4 Å². The van der Waals surface area contributed by atoms with Crippen LogP contribution in [0.15, 0.2) is 109 Å². The molecule has 0 bridgehead atoms. The van der Waals surface area contributed by atoms with Gasteiger partial charge in [-0.25, -0.2) is 0 Å². The van der Waals surface area contributed by atoms with Gasteiger partial charge in [0.15, 0.2) is 0 Å². The third-order valence-corrected chi connectivity index (χ3v) is 6.84. The van der Waals surface area contributed by atoms with Crippen LogP contribution in [0.2, 0.25) is 0 Å². The minimum absolute atomic E-state index is 0.0339. The molecule has 4 aromatic rings. The minimum Gasteiger partial charge on any atom is -0.497 e. The first kappa shape index (κ1) is 27.9. The Morgan fingerprint density at radius 3 is 2.00 bits per heavy atom. The van der Waals surface area contributed by atoms with Crippen molar-refractivity contribution in [1.82, 2.24) is 10.2 Å². The topological polar surface area (TPSA) is 50.8 Å². The molecule has 0 aliphatic heterocycles. The molecule has 0 aliphatic carbocycles. The lowest BCUT2D eigenvalue weighted by Gasteiger charge is -2.28. The number of carbonyl (C=O) groups excluding carboxylic acids is 1. The quantitative estimate of drug-likeness (QED) is 0.205. The lowest BCUT2D eigenvalue weighted by molar-refractivity contribution is 0.0745. The highest BCUT2D eigenvalue weighted by Gasteiger charge is 2.19. The molecule has 1 atom stereocenters. The highest BCUT2D eigenvalue weighted by molar-refractivity contribution is 5.94. The SMILES string of the molecule is CCN(C[C@H](CCc1ccccc1)NCc1ccc(OCc2ccccc2)cc1)C(=O)c1ccc(OC)cc1. The number of hydrogen-bond acceptors (Lipinski definition) is 4. The Morgan fingerprint density at radius 2 is 1.38 bits per heavy atom. The molecule has 0 radical (unpaired) electrons. The molecule has 5 nitrogen and oxygen atoms in total. The molecule has 1 N–H and O–H groups in total. The summed E-state index contributed by atoms with van der Waals surface area (Å²) in [4.78, 5) is 15.2. The fourth-order valence-corrected chi connectivity index (χ4v) is 4.49. The summed E-state index contributed by atoms with van der Waals surface area (Å²) in [6, 6.07) is 36.4. The van der Waals surface area contributed by atoms with Crippen molar-refractivity contribution >= 4 is 5.91 Å². The van der Waals surface area contributed by atoms with Crippen molar-refractivity contribution in [3.8, 4) is 11.5 Å². The first-order chi connectivity index (χ1) is 19.1. The molecule has 0 saturated heterocycles. The number of rotatable bonds is 14. The summed E-state index contributed by atoms with van der Waals surface area (Å²) in [6.45, 7) is 4.57.